The molecule has 1 heterocycles. The Kier molecular flexibility index (Phi) is 4.34. The van der Waals surface area contributed by atoms with Crippen LogP contribution in [0.1, 0.15) is 69.4 Å². The Bertz CT molecular complexity index is 776. The molecule has 0 saturated carbocycles. The Morgan fingerprint density at radius 3 is 2.17 bits per heavy atom. The normalized spacial score (nSPS) is 14.3. The van der Waals surface area contributed by atoms with Crippen molar-refractivity contribution < 1.29 is 5.11 Å². The molecule has 128 valence electrons. The molecule has 0 atom stereocenters. The van der Waals surface area contributed by atoms with Crippen molar-refractivity contribution in [1.82, 2.24) is 0 Å². The minimum atomic E-state index is 0.0469. The molecule has 0 aromatic heterocycles. The highest BCUT2D eigenvalue weighted by Crippen LogP contribution is 2.44. The maximum Gasteiger partial charge on any atom is 0.0687 e. The monoisotopic (exact) mass is 340 g/mol. The first-order valence-electron chi connectivity index (χ1n) is 8.68. The zero-order valence-electron chi connectivity index (χ0n) is 15.7. The highest BCUT2D eigenvalue weighted by molar-refractivity contribution is 7.99. The van der Waals surface area contributed by atoms with Gasteiger partial charge in [-0.05, 0) is 50.8 Å². The van der Waals surface area contributed by atoms with Crippen molar-refractivity contribution in [2.24, 2.45) is 0 Å². The van der Waals surface area contributed by atoms with Crippen LogP contribution in [0.15, 0.2) is 40.1 Å². The third kappa shape index (κ3) is 3.14. The van der Waals surface area contributed by atoms with E-state index in [2.05, 4.69) is 71.9 Å². The van der Waals surface area contributed by atoms with E-state index in [9.17, 15) is 5.11 Å². The van der Waals surface area contributed by atoms with Crippen LogP contribution in [-0.2, 0) is 23.9 Å². The second-order valence-corrected chi connectivity index (χ2v) is 9.91. The van der Waals surface area contributed by atoms with Gasteiger partial charge < -0.3 is 5.11 Å². The summed E-state index contributed by atoms with van der Waals surface area (Å²) in [5.41, 5.74) is 6.68. The summed E-state index contributed by atoms with van der Waals surface area (Å²) in [6.45, 7) is 13.5. The summed E-state index contributed by atoms with van der Waals surface area (Å²) in [4.78, 5) is 2.64. The zero-order valence-corrected chi connectivity index (χ0v) is 16.5. The van der Waals surface area contributed by atoms with Crippen LogP contribution >= 0.6 is 11.8 Å². The van der Waals surface area contributed by atoms with Gasteiger partial charge in [0.25, 0.3) is 0 Å². The SMILES string of the molecule is CC(C)(C)c1ccc2c(c1)Cc1c(ccc(C(C)(C)C)c1CO)S2. The fourth-order valence-corrected chi connectivity index (χ4v) is 4.53. The van der Waals surface area contributed by atoms with Crippen molar-refractivity contribution in [3.63, 3.8) is 0 Å². The van der Waals surface area contributed by atoms with Gasteiger partial charge in [-0.2, -0.15) is 0 Å². The lowest BCUT2D eigenvalue weighted by Gasteiger charge is -2.29. The number of aliphatic hydroxyl groups excluding tert-OH is 1. The van der Waals surface area contributed by atoms with Crippen LogP contribution in [0.25, 0.3) is 0 Å². The Morgan fingerprint density at radius 2 is 1.58 bits per heavy atom. The molecule has 1 aliphatic rings. The van der Waals surface area contributed by atoms with Crippen LogP contribution < -0.4 is 0 Å². The lowest BCUT2D eigenvalue weighted by molar-refractivity contribution is 0.277. The summed E-state index contributed by atoms with van der Waals surface area (Å²) >= 11 is 1.84. The summed E-state index contributed by atoms with van der Waals surface area (Å²) in [5.74, 6) is 0. The minimum absolute atomic E-state index is 0.0469. The lowest BCUT2D eigenvalue weighted by atomic mass is 9.80. The van der Waals surface area contributed by atoms with Gasteiger partial charge in [0.15, 0.2) is 0 Å². The fourth-order valence-electron chi connectivity index (χ4n) is 3.44. The highest BCUT2D eigenvalue weighted by atomic mass is 32.2. The number of rotatable bonds is 1. The molecule has 0 amide bonds. The van der Waals surface area contributed by atoms with Gasteiger partial charge in [0.1, 0.15) is 0 Å². The zero-order chi connectivity index (χ0) is 17.7. The number of benzene rings is 2. The number of hydrogen-bond donors (Lipinski definition) is 1. The van der Waals surface area contributed by atoms with Crippen molar-refractivity contribution in [2.75, 3.05) is 0 Å². The van der Waals surface area contributed by atoms with E-state index in [-0.39, 0.29) is 17.4 Å². The highest BCUT2D eigenvalue weighted by Gasteiger charge is 2.26. The van der Waals surface area contributed by atoms with Crippen LogP contribution in [0, 0.1) is 0 Å². The van der Waals surface area contributed by atoms with Crippen molar-refractivity contribution >= 4 is 11.8 Å². The Balaban J connectivity index is 2.10. The van der Waals surface area contributed by atoms with Gasteiger partial charge in [0, 0.05) is 16.2 Å². The summed E-state index contributed by atoms with van der Waals surface area (Å²) in [6.07, 6.45) is 0.918. The quantitative estimate of drug-likeness (QED) is 0.601. The van der Waals surface area contributed by atoms with Crippen LogP contribution in [-0.4, -0.2) is 5.11 Å². The Labute approximate surface area is 150 Å². The molecule has 2 aromatic rings. The van der Waals surface area contributed by atoms with Gasteiger partial charge in [-0.15, -0.1) is 0 Å². The van der Waals surface area contributed by atoms with Crippen LogP contribution in [0.5, 0.6) is 0 Å². The van der Waals surface area contributed by atoms with Crippen LogP contribution in [0.3, 0.4) is 0 Å². The maximum atomic E-state index is 10.1. The Morgan fingerprint density at radius 1 is 0.917 bits per heavy atom. The minimum Gasteiger partial charge on any atom is -0.392 e. The molecule has 0 bridgehead atoms. The van der Waals surface area contributed by atoms with Crippen LogP contribution in [0.4, 0.5) is 0 Å². The van der Waals surface area contributed by atoms with E-state index >= 15 is 0 Å². The van der Waals surface area contributed by atoms with Gasteiger partial charge in [0.05, 0.1) is 6.61 Å². The first-order valence-corrected chi connectivity index (χ1v) is 9.50. The molecule has 3 rings (SSSR count). The van der Waals surface area contributed by atoms with Gasteiger partial charge >= 0.3 is 0 Å². The third-order valence-electron chi connectivity index (χ3n) is 4.87. The van der Waals surface area contributed by atoms with Crippen molar-refractivity contribution in [3.8, 4) is 0 Å². The first-order chi connectivity index (χ1) is 11.1. The van der Waals surface area contributed by atoms with E-state index in [0.717, 1.165) is 12.0 Å². The standard InChI is InChI=1S/C22H28OS/c1-21(2,3)15-7-9-19-14(11-15)12-16-17(13-23)18(22(4,5)6)8-10-20(16)24-19/h7-11,23H,12-13H2,1-6H3. The van der Waals surface area contributed by atoms with Gasteiger partial charge in [-0.3, -0.25) is 0 Å². The molecule has 1 nitrogen and oxygen atoms in total. The largest absolute Gasteiger partial charge is 0.392 e. The second-order valence-electron chi connectivity index (χ2n) is 8.83. The van der Waals surface area contributed by atoms with E-state index in [4.69, 9.17) is 0 Å². The number of fused-ring (bicyclic) bond motifs is 2. The van der Waals surface area contributed by atoms with Gasteiger partial charge in [-0.25, -0.2) is 0 Å². The number of aliphatic hydroxyl groups is 1. The lowest BCUT2D eigenvalue weighted by Crippen LogP contribution is -2.18. The average molecular weight is 341 g/mol. The summed E-state index contributed by atoms with van der Waals surface area (Å²) < 4.78 is 0. The smallest absolute Gasteiger partial charge is 0.0687 e. The molecule has 0 spiro atoms. The molecule has 0 fully saturated rings. The topological polar surface area (TPSA) is 20.2 Å². The molecule has 0 radical (unpaired) electrons. The fraction of sp³-hybridized carbons (Fsp3) is 0.455. The first kappa shape index (κ1) is 17.6. The molecule has 1 N–H and O–H groups in total. The molecule has 1 aliphatic heterocycles. The Hall–Kier alpha value is -1.25. The molecule has 24 heavy (non-hydrogen) atoms. The van der Waals surface area contributed by atoms with E-state index in [1.54, 1.807) is 0 Å². The molecule has 0 saturated heterocycles. The molecule has 2 heteroatoms. The summed E-state index contributed by atoms with van der Waals surface area (Å²) in [7, 11) is 0. The van der Waals surface area contributed by atoms with Crippen molar-refractivity contribution in [3.05, 3.63) is 58.1 Å². The predicted octanol–water partition coefficient (Wildman–Crippen LogP) is 5.83. The predicted molar refractivity (Wildman–Crippen MR) is 103 cm³/mol. The van der Waals surface area contributed by atoms with E-state index in [1.165, 1.54) is 32.0 Å². The molecule has 0 aliphatic carbocycles. The van der Waals surface area contributed by atoms with Crippen molar-refractivity contribution in [2.45, 2.75) is 75.2 Å². The van der Waals surface area contributed by atoms with Gasteiger partial charge in [0.2, 0.25) is 0 Å². The van der Waals surface area contributed by atoms with Crippen molar-refractivity contribution in [1.29, 1.82) is 0 Å². The van der Waals surface area contributed by atoms with E-state index in [0.29, 0.717) is 0 Å². The number of hydrogen-bond acceptors (Lipinski definition) is 2. The van der Waals surface area contributed by atoms with E-state index < -0.39 is 0 Å². The van der Waals surface area contributed by atoms with E-state index in [1.807, 2.05) is 11.8 Å². The third-order valence-corrected chi connectivity index (χ3v) is 6.09. The molecule has 0 unspecified atom stereocenters. The second kappa shape index (κ2) is 5.93. The molecular formula is C22H28OS. The molecule has 2 aromatic carbocycles. The van der Waals surface area contributed by atoms with Crippen LogP contribution in [0.2, 0.25) is 0 Å². The maximum absolute atomic E-state index is 10.1. The van der Waals surface area contributed by atoms with Gasteiger partial charge in [-0.1, -0.05) is 71.5 Å². The average Bonchev–Trinajstić information content (AvgIpc) is 2.49. The summed E-state index contributed by atoms with van der Waals surface area (Å²) in [6, 6.07) is 11.3. The molecular weight excluding hydrogens is 312 g/mol. The summed E-state index contributed by atoms with van der Waals surface area (Å²) in [5, 5.41) is 10.1.